The third-order valence-corrected chi connectivity index (χ3v) is 4.46. The minimum absolute atomic E-state index is 0.0455. The molecule has 0 heterocycles. The quantitative estimate of drug-likeness (QED) is 0.380. The molecule has 0 aromatic heterocycles. The third kappa shape index (κ3) is 4.97. The van der Waals surface area contributed by atoms with E-state index in [-0.39, 0.29) is 29.5 Å². The molecular formula is C20H18F5NO3. The first-order valence-electron chi connectivity index (χ1n) is 8.58. The Morgan fingerprint density at radius 3 is 2.17 bits per heavy atom. The standard InChI is InChI=1S/C20H18F5NO3/c21-16(22)8-4-7-13-11-14(20(23,24)25)9-10-15(13)19(26,18(28)29)17(27)12-5-2-1-3-6-12/h1-3,5-6,9-11,16H,4,7-8,26H2,(H,28,29). The van der Waals surface area contributed by atoms with Gasteiger partial charge in [0, 0.05) is 12.0 Å². The average molecular weight is 415 g/mol. The van der Waals surface area contributed by atoms with Crippen LogP contribution in [0.2, 0.25) is 0 Å². The summed E-state index contributed by atoms with van der Waals surface area (Å²) in [6.07, 6.45) is -8.50. The fourth-order valence-electron chi connectivity index (χ4n) is 2.96. The van der Waals surface area contributed by atoms with Crippen molar-refractivity contribution in [1.82, 2.24) is 0 Å². The number of hydrogen-bond donors (Lipinski definition) is 2. The van der Waals surface area contributed by atoms with Crippen LogP contribution in [0.25, 0.3) is 0 Å². The molecule has 1 atom stereocenters. The number of halogens is 5. The smallest absolute Gasteiger partial charge is 0.416 e. The number of carbonyl (C=O) groups excluding carboxylic acids is 1. The normalized spacial score (nSPS) is 13.9. The van der Waals surface area contributed by atoms with Crippen molar-refractivity contribution in [2.24, 2.45) is 5.73 Å². The SMILES string of the molecule is NC(C(=O)O)(C(=O)c1ccccc1)c1ccc(C(F)(F)F)cc1CCCC(F)F. The van der Waals surface area contributed by atoms with E-state index in [4.69, 9.17) is 5.73 Å². The van der Waals surface area contributed by atoms with E-state index in [1.807, 2.05) is 0 Å². The maximum absolute atomic E-state index is 13.1. The number of carboxylic acids is 1. The minimum atomic E-state index is -4.74. The van der Waals surface area contributed by atoms with Crippen molar-refractivity contribution < 1.29 is 36.6 Å². The van der Waals surface area contributed by atoms with Crippen molar-refractivity contribution in [3.8, 4) is 0 Å². The van der Waals surface area contributed by atoms with Crippen molar-refractivity contribution in [1.29, 1.82) is 0 Å². The van der Waals surface area contributed by atoms with Gasteiger partial charge in [0.15, 0.2) is 5.78 Å². The van der Waals surface area contributed by atoms with E-state index in [0.717, 1.165) is 6.07 Å². The number of alkyl halides is 5. The lowest BCUT2D eigenvalue weighted by molar-refractivity contribution is -0.141. The van der Waals surface area contributed by atoms with E-state index in [1.54, 1.807) is 6.07 Å². The Morgan fingerprint density at radius 2 is 1.66 bits per heavy atom. The Labute approximate surface area is 163 Å². The van der Waals surface area contributed by atoms with Crippen molar-refractivity contribution in [2.75, 3.05) is 0 Å². The molecule has 156 valence electrons. The highest BCUT2D eigenvalue weighted by atomic mass is 19.4. The number of carbonyl (C=O) groups is 2. The summed E-state index contributed by atoms with van der Waals surface area (Å²) in [5, 5.41) is 9.70. The molecular weight excluding hydrogens is 397 g/mol. The summed E-state index contributed by atoms with van der Waals surface area (Å²) < 4.78 is 64.2. The first-order valence-corrected chi connectivity index (χ1v) is 8.58. The van der Waals surface area contributed by atoms with Crippen LogP contribution in [0.1, 0.15) is 39.9 Å². The number of Topliss-reactive ketones (excluding diaryl/α,β-unsaturated/α-hetero) is 1. The van der Waals surface area contributed by atoms with E-state index < -0.39 is 41.9 Å². The van der Waals surface area contributed by atoms with Crippen LogP contribution in [0.3, 0.4) is 0 Å². The molecule has 2 aromatic rings. The Bertz CT molecular complexity index is 883. The van der Waals surface area contributed by atoms with E-state index in [9.17, 15) is 36.6 Å². The van der Waals surface area contributed by atoms with Crippen LogP contribution in [0.4, 0.5) is 22.0 Å². The van der Waals surface area contributed by atoms with Crippen LogP contribution < -0.4 is 5.73 Å². The van der Waals surface area contributed by atoms with Gasteiger partial charge in [-0.2, -0.15) is 13.2 Å². The molecule has 0 bridgehead atoms. The Balaban J connectivity index is 2.60. The summed E-state index contributed by atoms with van der Waals surface area (Å²) in [6.45, 7) is 0. The molecule has 9 heteroatoms. The maximum atomic E-state index is 13.1. The van der Waals surface area contributed by atoms with E-state index in [1.165, 1.54) is 24.3 Å². The number of aliphatic carboxylic acids is 1. The molecule has 29 heavy (non-hydrogen) atoms. The first-order chi connectivity index (χ1) is 13.5. The van der Waals surface area contributed by atoms with Gasteiger partial charge < -0.3 is 10.8 Å². The number of aryl methyl sites for hydroxylation is 1. The van der Waals surface area contributed by atoms with Gasteiger partial charge >= 0.3 is 12.1 Å². The zero-order chi connectivity index (χ0) is 21.8. The lowest BCUT2D eigenvalue weighted by Crippen LogP contribution is -2.52. The van der Waals surface area contributed by atoms with Crippen molar-refractivity contribution in [2.45, 2.75) is 37.4 Å². The van der Waals surface area contributed by atoms with Crippen LogP contribution in [0.5, 0.6) is 0 Å². The van der Waals surface area contributed by atoms with Gasteiger partial charge in [0.1, 0.15) is 0 Å². The first kappa shape index (κ1) is 22.5. The summed E-state index contributed by atoms with van der Waals surface area (Å²) in [4.78, 5) is 24.8. The van der Waals surface area contributed by atoms with Gasteiger partial charge in [0.25, 0.3) is 0 Å². The van der Waals surface area contributed by atoms with E-state index in [0.29, 0.717) is 12.1 Å². The summed E-state index contributed by atoms with van der Waals surface area (Å²) in [5.41, 5.74) is 1.57. The molecule has 1 unspecified atom stereocenters. The molecule has 2 aromatic carbocycles. The monoisotopic (exact) mass is 415 g/mol. The summed E-state index contributed by atoms with van der Waals surface area (Å²) in [5.74, 6) is -2.79. The highest BCUT2D eigenvalue weighted by Crippen LogP contribution is 2.35. The number of hydrogen-bond acceptors (Lipinski definition) is 3. The van der Waals surface area contributed by atoms with Gasteiger partial charge in [-0.15, -0.1) is 0 Å². The molecule has 0 aliphatic heterocycles. The lowest BCUT2D eigenvalue weighted by Gasteiger charge is -2.27. The van der Waals surface area contributed by atoms with Crippen LogP contribution in [-0.4, -0.2) is 23.3 Å². The van der Waals surface area contributed by atoms with Gasteiger partial charge in [0.05, 0.1) is 5.56 Å². The molecule has 0 saturated heterocycles. The number of benzene rings is 2. The van der Waals surface area contributed by atoms with Gasteiger partial charge in [-0.25, -0.2) is 13.6 Å². The van der Waals surface area contributed by atoms with Gasteiger partial charge in [-0.05, 0) is 36.1 Å². The maximum Gasteiger partial charge on any atom is 0.416 e. The van der Waals surface area contributed by atoms with E-state index >= 15 is 0 Å². The Morgan fingerprint density at radius 1 is 1.03 bits per heavy atom. The zero-order valence-corrected chi connectivity index (χ0v) is 15.0. The molecule has 0 saturated carbocycles. The average Bonchev–Trinajstić information content (AvgIpc) is 2.66. The summed E-state index contributed by atoms with van der Waals surface area (Å²) in [7, 11) is 0. The van der Waals surface area contributed by atoms with Gasteiger partial charge in [-0.3, -0.25) is 4.79 Å². The molecule has 0 spiro atoms. The second kappa shape index (κ2) is 8.69. The zero-order valence-electron chi connectivity index (χ0n) is 15.0. The fraction of sp³-hybridized carbons (Fsp3) is 0.300. The van der Waals surface area contributed by atoms with Crippen LogP contribution in [0, 0.1) is 0 Å². The highest BCUT2D eigenvalue weighted by Gasteiger charge is 2.46. The second-order valence-corrected chi connectivity index (χ2v) is 6.46. The minimum Gasteiger partial charge on any atom is -0.479 e. The van der Waals surface area contributed by atoms with Crippen molar-refractivity contribution >= 4 is 11.8 Å². The van der Waals surface area contributed by atoms with Crippen LogP contribution in [-0.2, 0) is 22.9 Å². The number of carboxylic acid groups (broad SMARTS) is 1. The van der Waals surface area contributed by atoms with Crippen molar-refractivity contribution in [3.05, 3.63) is 70.8 Å². The lowest BCUT2D eigenvalue weighted by atomic mass is 9.79. The molecule has 2 rings (SSSR count). The molecule has 3 N–H and O–H groups in total. The third-order valence-electron chi connectivity index (χ3n) is 4.46. The summed E-state index contributed by atoms with van der Waals surface area (Å²) >= 11 is 0. The number of nitrogens with two attached hydrogens (primary N) is 1. The number of rotatable bonds is 8. The highest BCUT2D eigenvalue weighted by molar-refractivity contribution is 6.16. The second-order valence-electron chi connectivity index (χ2n) is 6.46. The molecule has 0 fully saturated rings. The fourth-order valence-corrected chi connectivity index (χ4v) is 2.96. The van der Waals surface area contributed by atoms with Crippen LogP contribution in [0.15, 0.2) is 48.5 Å². The molecule has 0 aliphatic carbocycles. The topological polar surface area (TPSA) is 80.4 Å². The van der Waals surface area contributed by atoms with Crippen molar-refractivity contribution in [3.63, 3.8) is 0 Å². The molecule has 0 amide bonds. The number of ketones is 1. The Hall–Kier alpha value is -2.81. The predicted octanol–water partition coefficient (Wildman–Crippen LogP) is 4.41. The van der Waals surface area contributed by atoms with Crippen LogP contribution >= 0.6 is 0 Å². The Kier molecular flexibility index (Phi) is 6.73. The largest absolute Gasteiger partial charge is 0.479 e. The summed E-state index contributed by atoms with van der Waals surface area (Å²) in [6, 6.07) is 9.30. The molecule has 0 aliphatic rings. The molecule has 0 radical (unpaired) electrons. The van der Waals surface area contributed by atoms with Gasteiger partial charge in [0.2, 0.25) is 12.0 Å². The predicted molar refractivity (Wildman–Crippen MR) is 94.7 cm³/mol. The molecule has 4 nitrogen and oxygen atoms in total. The van der Waals surface area contributed by atoms with E-state index in [2.05, 4.69) is 0 Å². The van der Waals surface area contributed by atoms with Gasteiger partial charge in [-0.1, -0.05) is 36.4 Å².